The molecule has 2 rings (SSSR count). The average Bonchev–Trinajstić information content (AvgIpc) is 2.53. The summed E-state index contributed by atoms with van der Waals surface area (Å²) in [7, 11) is 1.73. The van der Waals surface area contributed by atoms with Gasteiger partial charge in [0.1, 0.15) is 0 Å². The van der Waals surface area contributed by atoms with Gasteiger partial charge >= 0.3 is 0 Å². The van der Waals surface area contributed by atoms with Crippen LogP contribution in [0.2, 0.25) is 5.02 Å². The van der Waals surface area contributed by atoms with Crippen LogP contribution in [0.3, 0.4) is 0 Å². The van der Waals surface area contributed by atoms with E-state index in [1.807, 2.05) is 45.9 Å². The number of nitrogens with zero attached hydrogens (tertiary/aromatic N) is 1. The highest BCUT2D eigenvalue weighted by Crippen LogP contribution is 2.23. The lowest BCUT2D eigenvalue weighted by molar-refractivity contribution is -0.119. The van der Waals surface area contributed by atoms with Crippen LogP contribution in [-0.2, 0) is 9.59 Å². The first-order valence-corrected chi connectivity index (χ1v) is 9.15. The van der Waals surface area contributed by atoms with E-state index in [0.717, 1.165) is 27.9 Å². The second-order valence-electron chi connectivity index (χ2n) is 7.03. The zero-order valence-electron chi connectivity index (χ0n) is 16.4. The number of nitrogens with one attached hydrogen (secondary N) is 2. The standard InChI is InChI=1S/C21H26ClN3O2/c1-13-6-7-18(17(22)10-13)23-19(26)11-25(5)12-20(27)24-21-15(3)8-14(2)9-16(21)4/h6-10H,11-12H2,1-5H3,(H,23,26)(H,24,27). The fraction of sp³-hybridized carbons (Fsp3) is 0.333. The van der Waals surface area contributed by atoms with E-state index in [-0.39, 0.29) is 24.9 Å². The molecule has 27 heavy (non-hydrogen) atoms. The van der Waals surface area contributed by atoms with Gasteiger partial charge in [0, 0.05) is 5.69 Å². The molecule has 0 bridgehead atoms. The number of aryl methyl sites for hydroxylation is 4. The molecule has 0 aromatic heterocycles. The first-order chi connectivity index (χ1) is 12.7. The van der Waals surface area contributed by atoms with Crippen LogP contribution in [0, 0.1) is 27.7 Å². The largest absolute Gasteiger partial charge is 0.324 e. The molecular formula is C21H26ClN3O2. The monoisotopic (exact) mass is 387 g/mol. The van der Waals surface area contributed by atoms with E-state index in [1.54, 1.807) is 24.1 Å². The quantitative estimate of drug-likeness (QED) is 0.785. The van der Waals surface area contributed by atoms with E-state index < -0.39 is 0 Å². The van der Waals surface area contributed by atoms with E-state index in [9.17, 15) is 9.59 Å². The molecule has 0 radical (unpaired) electrons. The molecular weight excluding hydrogens is 362 g/mol. The fourth-order valence-electron chi connectivity index (χ4n) is 3.01. The summed E-state index contributed by atoms with van der Waals surface area (Å²) in [6, 6.07) is 9.51. The second kappa shape index (κ2) is 9.02. The van der Waals surface area contributed by atoms with Gasteiger partial charge < -0.3 is 10.6 Å². The van der Waals surface area contributed by atoms with E-state index in [0.29, 0.717) is 10.7 Å². The zero-order valence-corrected chi connectivity index (χ0v) is 17.2. The van der Waals surface area contributed by atoms with Crippen molar-refractivity contribution in [3.8, 4) is 0 Å². The molecule has 0 aliphatic heterocycles. The maximum atomic E-state index is 12.3. The Bertz CT molecular complexity index is 841. The Kier molecular flexibility index (Phi) is 6.99. The number of hydrogen-bond donors (Lipinski definition) is 2. The van der Waals surface area contributed by atoms with Crippen LogP contribution in [0.25, 0.3) is 0 Å². The molecule has 6 heteroatoms. The molecule has 2 aromatic carbocycles. The lowest BCUT2D eigenvalue weighted by Crippen LogP contribution is -2.36. The SMILES string of the molecule is Cc1cc(C)c(NC(=O)CN(C)CC(=O)Nc2ccc(C)cc2Cl)c(C)c1. The van der Waals surface area contributed by atoms with Gasteiger partial charge in [0.25, 0.3) is 0 Å². The van der Waals surface area contributed by atoms with E-state index in [2.05, 4.69) is 10.6 Å². The number of benzene rings is 2. The lowest BCUT2D eigenvalue weighted by atomic mass is 10.1. The Labute approximate surface area is 165 Å². The fourth-order valence-corrected chi connectivity index (χ4v) is 3.30. The summed E-state index contributed by atoms with van der Waals surface area (Å²) >= 11 is 6.13. The minimum absolute atomic E-state index is 0.0868. The van der Waals surface area contributed by atoms with Crippen LogP contribution in [0.5, 0.6) is 0 Å². The summed E-state index contributed by atoms with van der Waals surface area (Å²) in [6.45, 7) is 8.10. The Morgan fingerprint density at radius 2 is 1.44 bits per heavy atom. The van der Waals surface area contributed by atoms with Crippen molar-refractivity contribution in [1.29, 1.82) is 0 Å². The summed E-state index contributed by atoms with van der Waals surface area (Å²) in [5.74, 6) is -0.382. The molecule has 0 unspecified atom stereocenters. The van der Waals surface area contributed by atoms with Gasteiger partial charge in [-0.25, -0.2) is 0 Å². The van der Waals surface area contributed by atoms with Crippen molar-refractivity contribution >= 4 is 34.8 Å². The number of halogens is 1. The van der Waals surface area contributed by atoms with Crippen LogP contribution in [0.4, 0.5) is 11.4 Å². The molecule has 0 saturated heterocycles. The normalized spacial score (nSPS) is 10.8. The third kappa shape index (κ3) is 6.08. The average molecular weight is 388 g/mol. The minimum atomic E-state index is -0.223. The smallest absolute Gasteiger partial charge is 0.238 e. The van der Waals surface area contributed by atoms with Crippen molar-refractivity contribution < 1.29 is 9.59 Å². The van der Waals surface area contributed by atoms with E-state index in [1.165, 1.54) is 0 Å². The number of hydrogen-bond acceptors (Lipinski definition) is 3. The molecule has 2 N–H and O–H groups in total. The van der Waals surface area contributed by atoms with Gasteiger partial charge in [0.15, 0.2) is 0 Å². The molecule has 0 aliphatic carbocycles. The molecule has 144 valence electrons. The van der Waals surface area contributed by atoms with Crippen molar-refractivity contribution in [1.82, 2.24) is 4.90 Å². The summed E-state index contributed by atoms with van der Waals surface area (Å²) in [5.41, 5.74) is 5.62. The summed E-state index contributed by atoms with van der Waals surface area (Å²) in [6.07, 6.45) is 0. The number of likely N-dealkylation sites (N-methyl/N-ethyl adjacent to an activating group) is 1. The van der Waals surface area contributed by atoms with Gasteiger partial charge in [-0.1, -0.05) is 35.4 Å². The minimum Gasteiger partial charge on any atom is -0.324 e. The van der Waals surface area contributed by atoms with Gasteiger partial charge in [0.05, 0.1) is 23.8 Å². The lowest BCUT2D eigenvalue weighted by Gasteiger charge is -2.18. The Morgan fingerprint density at radius 1 is 0.889 bits per heavy atom. The predicted molar refractivity (Wildman–Crippen MR) is 112 cm³/mol. The molecule has 2 aromatic rings. The number of carbonyl (C=O) groups is 2. The molecule has 0 atom stereocenters. The van der Waals surface area contributed by atoms with Crippen LogP contribution in [0.1, 0.15) is 22.3 Å². The number of anilines is 2. The molecule has 0 spiro atoms. The number of rotatable bonds is 6. The molecule has 2 amide bonds. The third-order valence-electron chi connectivity index (χ3n) is 4.17. The second-order valence-corrected chi connectivity index (χ2v) is 7.43. The van der Waals surface area contributed by atoms with Crippen molar-refractivity contribution in [2.75, 3.05) is 30.8 Å². The van der Waals surface area contributed by atoms with Crippen molar-refractivity contribution in [2.24, 2.45) is 0 Å². The maximum Gasteiger partial charge on any atom is 0.238 e. The molecule has 0 saturated carbocycles. The highest BCUT2D eigenvalue weighted by molar-refractivity contribution is 6.33. The highest BCUT2D eigenvalue weighted by atomic mass is 35.5. The summed E-state index contributed by atoms with van der Waals surface area (Å²) in [5, 5.41) is 6.21. The predicted octanol–water partition coefficient (Wildman–Crippen LogP) is 4.08. The third-order valence-corrected chi connectivity index (χ3v) is 4.48. The first-order valence-electron chi connectivity index (χ1n) is 8.78. The summed E-state index contributed by atoms with van der Waals surface area (Å²) < 4.78 is 0. The van der Waals surface area contributed by atoms with Gasteiger partial charge in [-0.15, -0.1) is 0 Å². The van der Waals surface area contributed by atoms with Gasteiger partial charge in [0.2, 0.25) is 11.8 Å². The number of carbonyl (C=O) groups excluding carboxylic acids is 2. The van der Waals surface area contributed by atoms with Crippen LogP contribution < -0.4 is 10.6 Å². The van der Waals surface area contributed by atoms with Crippen LogP contribution >= 0.6 is 11.6 Å². The molecule has 5 nitrogen and oxygen atoms in total. The van der Waals surface area contributed by atoms with Crippen molar-refractivity contribution in [2.45, 2.75) is 27.7 Å². The van der Waals surface area contributed by atoms with E-state index in [4.69, 9.17) is 11.6 Å². The van der Waals surface area contributed by atoms with Crippen molar-refractivity contribution in [3.63, 3.8) is 0 Å². The zero-order chi connectivity index (χ0) is 20.1. The van der Waals surface area contributed by atoms with Gasteiger partial charge in [-0.3, -0.25) is 14.5 Å². The van der Waals surface area contributed by atoms with Crippen LogP contribution in [0.15, 0.2) is 30.3 Å². The van der Waals surface area contributed by atoms with Crippen molar-refractivity contribution in [3.05, 3.63) is 57.6 Å². The summed E-state index contributed by atoms with van der Waals surface area (Å²) in [4.78, 5) is 26.2. The molecule has 0 fully saturated rings. The highest BCUT2D eigenvalue weighted by Gasteiger charge is 2.14. The Hall–Kier alpha value is -2.37. The van der Waals surface area contributed by atoms with Gasteiger partial charge in [-0.2, -0.15) is 0 Å². The van der Waals surface area contributed by atoms with E-state index >= 15 is 0 Å². The Morgan fingerprint density at radius 3 is 2.00 bits per heavy atom. The van der Waals surface area contributed by atoms with Gasteiger partial charge in [-0.05, 0) is 63.6 Å². The Balaban J connectivity index is 1.90. The number of amides is 2. The maximum absolute atomic E-state index is 12.3. The topological polar surface area (TPSA) is 61.4 Å². The first kappa shape index (κ1) is 20.9. The molecule has 0 aliphatic rings. The molecule has 0 heterocycles. The van der Waals surface area contributed by atoms with Crippen LogP contribution in [-0.4, -0.2) is 36.9 Å².